The number of halogens is 1. The molecule has 1 aromatic carbocycles. The number of hydrogen-bond acceptors (Lipinski definition) is 5. The first-order valence-corrected chi connectivity index (χ1v) is 7.53. The van der Waals surface area contributed by atoms with Crippen LogP contribution in [-0.4, -0.2) is 39.4 Å². The van der Waals surface area contributed by atoms with Gasteiger partial charge >= 0.3 is 0 Å². The van der Waals surface area contributed by atoms with Gasteiger partial charge in [-0.05, 0) is 18.2 Å². The summed E-state index contributed by atoms with van der Waals surface area (Å²) in [4.78, 5) is 12.7. The smallest absolute Gasteiger partial charge is 0.263 e. The Morgan fingerprint density at radius 1 is 1.48 bits per heavy atom. The lowest BCUT2D eigenvalue weighted by molar-refractivity contribution is 0.0286. The summed E-state index contributed by atoms with van der Waals surface area (Å²) in [5, 5.41) is 4.27. The van der Waals surface area contributed by atoms with Gasteiger partial charge in [0.15, 0.2) is 0 Å². The number of benzene rings is 1. The molecule has 3 N–H and O–H groups in total. The van der Waals surface area contributed by atoms with Crippen LogP contribution in [0.15, 0.2) is 18.2 Å². The molecule has 2 aromatic rings. The van der Waals surface area contributed by atoms with E-state index in [0.29, 0.717) is 28.7 Å². The molecule has 0 aliphatic carbocycles. The highest BCUT2D eigenvalue weighted by atomic mass is 35.5. The quantitative estimate of drug-likeness (QED) is 0.854. The topological polar surface area (TPSA) is 73.6 Å². The molecule has 1 aromatic heterocycles. The number of ether oxygens (including phenoxy) is 2. The van der Waals surface area contributed by atoms with Gasteiger partial charge in [-0.25, -0.2) is 0 Å². The zero-order valence-corrected chi connectivity index (χ0v) is 13.4. The fraction of sp³-hybridized carbons (Fsp3) is 0.357. The van der Waals surface area contributed by atoms with Gasteiger partial charge in [0.1, 0.15) is 4.88 Å². The summed E-state index contributed by atoms with van der Waals surface area (Å²) >= 11 is 7.28. The van der Waals surface area contributed by atoms with E-state index in [1.54, 1.807) is 26.4 Å². The molecule has 0 saturated carbocycles. The third-order valence-corrected chi connectivity index (χ3v) is 4.48. The summed E-state index contributed by atoms with van der Waals surface area (Å²) in [6, 6.07) is 5.38. The number of hydrogen-bond donors (Lipinski definition) is 2. The van der Waals surface area contributed by atoms with Crippen LogP contribution in [0.4, 0.5) is 5.69 Å². The van der Waals surface area contributed by atoms with Crippen molar-refractivity contribution in [3.63, 3.8) is 0 Å². The Morgan fingerprint density at radius 2 is 2.24 bits per heavy atom. The van der Waals surface area contributed by atoms with Crippen LogP contribution >= 0.6 is 22.9 Å². The zero-order valence-electron chi connectivity index (χ0n) is 11.8. The zero-order chi connectivity index (χ0) is 15.4. The van der Waals surface area contributed by atoms with Crippen molar-refractivity contribution in [1.82, 2.24) is 5.32 Å². The number of nitrogens with two attached hydrogens (primary N) is 1. The number of anilines is 1. The van der Waals surface area contributed by atoms with Crippen molar-refractivity contribution in [3.05, 3.63) is 28.1 Å². The molecule has 21 heavy (non-hydrogen) atoms. The summed E-state index contributed by atoms with van der Waals surface area (Å²) < 4.78 is 11.1. The SMILES string of the molecule is COCC(CNC(=O)c1sc2cc(Cl)ccc2c1N)OC. The highest BCUT2D eigenvalue weighted by molar-refractivity contribution is 7.21. The van der Waals surface area contributed by atoms with E-state index in [0.717, 1.165) is 10.1 Å². The van der Waals surface area contributed by atoms with Gasteiger partial charge in [0, 0.05) is 35.9 Å². The molecule has 0 aliphatic heterocycles. The Labute approximate surface area is 132 Å². The molecule has 0 aliphatic rings. The maximum atomic E-state index is 12.2. The predicted molar refractivity (Wildman–Crippen MR) is 86.3 cm³/mol. The predicted octanol–water partition coefficient (Wildman–Crippen LogP) is 2.53. The van der Waals surface area contributed by atoms with E-state index in [1.807, 2.05) is 6.07 Å². The van der Waals surface area contributed by atoms with Crippen LogP contribution in [0.25, 0.3) is 10.1 Å². The molecule has 0 radical (unpaired) electrons. The highest BCUT2D eigenvalue weighted by Crippen LogP contribution is 2.35. The van der Waals surface area contributed by atoms with Crippen molar-refractivity contribution in [3.8, 4) is 0 Å². The van der Waals surface area contributed by atoms with Gasteiger partial charge in [-0.15, -0.1) is 11.3 Å². The standard InChI is InChI=1S/C14H17ClN2O3S/c1-19-7-9(20-2)6-17-14(18)13-12(16)10-4-3-8(15)5-11(10)21-13/h3-5,9H,6-7,16H2,1-2H3,(H,17,18). The number of amides is 1. The molecule has 7 heteroatoms. The van der Waals surface area contributed by atoms with E-state index in [1.165, 1.54) is 11.3 Å². The van der Waals surface area contributed by atoms with Crippen molar-refractivity contribution >= 4 is 44.6 Å². The fourth-order valence-corrected chi connectivity index (χ4v) is 3.26. The van der Waals surface area contributed by atoms with E-state index < -0.39 is 0 Å². The van der Waals surface area contributed by atoms with Gasteiger partial charge in [-0.3, -0.25) is 4.79 Å². The summed E-state index contributed by atoms with van der Waals surface area (Å²) in [6.07, 6.45) is -0.191. The number of methoxy groups -OCH3 is 2. The molecular weight excluding hydrogens is 312 g/mol. The number of nitrogens with one attached hydrogen (secondary N) is 1. The Kier molecular flexibility index (Phi) is 5.41. The van der Waals surface area contributed by atoms with Crippen LogP contribution in [-0.2, 0) is 9.47 Å². The number of fused-ring (bicyclic) bond motifs is 1. The van der Waals surface area contributed by atoms with Crippen molar-refractivity contribution in [2.45, 2.75) is 6.10 Å². The molecule has 0 spiro atoms. The van der Waals surface area contributed by atoms with E-state index in [9.17, 15) is 4.79 Å². The largest absolute Gasteiger partial charge is 0.397 e. The van der Waals surface area contributed by atoms with Gasteiger partial charge < -0.3 is 20.5 Å². The van der Waals surface area contributed by atoms with Crippen LogP contribution in [0, 0.1) is 0 Å². The Morgan fingerprint density at radius 3 is 2.90 bits per heavy atom. The van der Waals surface area contributed by atoms with E-state index in [2.05, 4.69) is 5.32 Å². The number of carbonyl (C=O) groups is 1. The Hall–Kier alpha value is -1.34. The number of carbonyl (C=O) groups excluding carboxylic acids is 1. The molecule has 0 bridgehead atoms. The summed E-state index contributed by atoms with van der Waals surface area (Å²) in [5.41, 5.74) is 6.51. The van der Waals surface area contributed by atoms with Gasteiger partial charge in [-0.1, -0.05) is 11.6 Å². The van der Waals surface area contributed by atoms with Crippen molar-refractivity contribution in [2.75, 3.05) is 33.1 Å². The van der Waals surface area contributed by atoms with E-state index in [4.69, 9.17) is 26.8 Å². The number of thiophene rings is 1. The lowest BCUT2D eigenvalue weighted by Crippen LogP contribution is -2.35. The number of nitrogen functional groups attached to an aromatic ring is 1. The first kappa shape index (κ1) is 16.0. The molecule has 1 heterocycles. The maximum Gasteiger partial charge on any atom is 0.263 e. The van der Waals surface area contributed by atoms with Crippen LogP contribution in [0.2, 0.25) is 5.02 Å². The maximum absolute atomic E-state index is 12.2. The minimum Gasteiger partial charge on any atom is -0.397 e. The van der Waals surface area contributed by atoms with Crippen LogP contribution < -0.4 is 11.1 Å². The van der Waals surface area contributed by atoms with Gasteiger partial charge in [0.2, 0.25) is 0 Å². The lowest BCUT2D eigenvalue weighted by Gasteiger charge is -2.14. The molecule has 0 saturated heterocycles. The van der Waals surface area contributed by atoms with Crippen LogP contribution in [0.1, 0.15) is 9.67 Å². The van der Waals surface area contributed by atoms with E-state index in [-0.39, 0.29) is 12.0 Å². The first-order chi connectivity index (χ1) is 10.1. The monoisotopic (exact) mass is 328 g/mol. The minimum atomic E-state index is -0.219. The average Bonchev–Trinajstić information content (AvgIpc) is 2.79. The van der Waals surface area contributed by atoms with Crippen LogP contribution in [0.5, 0.6) is 0 Å². The minimum absolute atomic E-state index is 0.191. The van der Waals surface area contributed by atoms with Gasteiger partial charge in [-0.2, -0.15) is 0 Å². The summed E-state index contributed by atoms with van der Waals surface area (Å²) in [6.45, 7) is 0.770. The molecule has 2 rings (SSSR count). The van der Waals surface area contributed by atoms with E-state index >= 15 is 0 Å². The Bertz CT molecular complexity index is 644. The van der Waals surface area contributed by atoms with Crippen LogP contribution in [0.3, 0.4) is 0 Å². The molecular formula is C14H17ClN2O3S. The van der Waals surface area contributed by atoms with Gasteiger partial charge in [0.25, 0.3) is 5.91 Å². The fourth-order valence-electron chi connectivity index (χ4n) is 1.94. The molecule has 1 atom stereocenters. The molecule has 0 fully saturated rings. The third-order valence-electron chi connectivity index (χ3n) is 3.07. The normalized spacial score (nSPS) is 12.5. The number of rotatable bonds is 6. The summed E-state index contributed by atoms with van der Waals surface area (Å²) in [7, 11) is 3.16. The second kappa shape index (κ2) is 7.09. The molecule has 1 amide bonds. The average molecular weight is 329 g/mol. The Balaban J connectivity index is 2.14. The molecule has 114 valence electrons. The summed E-state index contributed by atoms with van der Waals surface area (Å²) in [5.74, 6) is -0.219. The van der Waals surface area contributed by atoms with Crippen molar-refractivity contribution in [1.29, 1.82) is 0 Å². The second-order valence-electron chi connectivity index (χ2n) is 4.51. The lowest BCUT2D eigenvalue weighted by atomic mass is 10.2. The highest BCUT2D eigenvalue weighted by Gasteiger charge is 2.17. The van der Waals surface area contributed by atoms with Crippen molar-refractivity contribution < 1.29 is 14.3 Å². The van der Waals surface area contributed by atoms with Crippen molar-refractivity contribution in [2.24, 2.45) is 0 Å². The van der Waals surface area contributed by atoms with Gasteiger partial charge in [0.05, 0.1) is 18.4 Å². The third kappa shape index (κ3) is 3.65. The second-order valence-corrected chi connectivity index (χ2v) is 6.00. The first-order valence-electron chi connectivity index (χ1n) is 6.34. The molecule has 1 unspecified atom stereocenters. The molecule has 5 nitrogen and oxygen atoms in total.